The first kappa shape index (κ1) is 19.1. The molecule has 1 atom stereocenters. The van der Waals surface area contributed by atoms with Gasteiger partial charge in [0.25, 0.3) is 5.56 Å². The third-order valence-electron chi connectivity index (χ3n) is 5.75. The van der Waals surface area contributed by atoms with Crippen molar-refractivity contribution in [2.75, 3.05) is 14.2 Å². The number of carbonyl (C=O) groups is 1. The Hall–Kier alpha value is -3.87. The van der Waals surface area contributed by atoms with Crippen LogP contribution in [0.4, 0.5) is 0 Å². The highest BCUT2D eigenvalue weighted by atomic mass is 16.5. The summed E-state index contributed by atoms with van der Waals surface area (Å²) in [5.74, 6) is 1.37. The summed E-state index contributed by atoms with van der Waals surface area (Å²) in [6.45, 7) is 3.21. The minimum atomic E-state index is -0.554. The minimum Gasteiger partial charge on any atom is -0.493 e. The molecule has 7 nitrogen and oxygen atoms in total. The lowest BCUT2D eigenvalue weighted by molar-refractivity contribution is -0.122. The van der Waals surface area contributed by atoms with Crippen molar-refractivity contribution in [2.45, 2.75) is 20.0 Å². The van der Waals surface area contributed by atoms with Crippen molar-refractivity contribution < 1.29 is 19.0 Å². The lowest BCUT2D eigenvalue weighted by Gasteiger charge is -2.12. The lowest BCUT2D eigenvalue weighted by Crippen LogP contribution is -2.20. The van der Waals surface area contributed by atoms with Gasteiger partial charge in [-0.1, -0.05) is 0 Å². The van der Waals surface area contributed by atoms with Crippen LogP contribution in [0.1, 0.15) is 13.8 Å². The average molecular weight is 416 g/mol. The molecule has 0 aliphatic rings. The average Bonchev–Trinajstić information content (AvgIpc) is 3.11. The largest absolute Gasteiger partial charge is 0.493 e. The number of carbonyl (C=O) groups excluding carboxylic acids is 1. The van der Waals surface area contributed by atoms with Crippen molar-refractivity contribution in [2.24, 2.45) is 0 Å². The molecular formula is C24H20N2O5. The van der Waals surface area contributed by atoms with Crippen LogP contribution in [-0.4, -0.2) is 35.5 Å². The van der Waals surface area contributed by atoms with E-state index in [1.165, 1.54) is 21.1 Å². The van der Waals surface area contributed by atoms with E-state index >= 15 is 0 Å². The van der Waals surface area contributed by atoms with E-state index in [9.17, 15) is 9.59 Å². The normalized spacial score (nSPS) is 12.6. The third-order valence-corrected chi connectivity index (χ3v) is 5.75. The van der Waals surface area contributed by atoms with Gasteiger partial charge in [0.2, 0.25) is 0 Å². The number of ketones is 1. The second-order valence-corrected chi connectivity index (χ2v) is 7.47. The second-order valence-electron chi connectivity index (χ2n) is 7.47. The highest BCUT2D eigenvalue weighted by Gasteiger charge is 2.22. The van der Waals surface area contributed by atoms with Crippen LogP contribution in [0.15, 0.2) is 47.4 Å². The van der Waals surface area contributed by atoms with Gasteiger partial charge in [0.05, 0.1) is 36.2 Å². The van der Waals surface area contributed by atoms with Gasteiger partial charge in [0, 0.05) is 22.4 Å². The SMILES string of the molecule is COc1ccc2c(c1OC)c(=O)n1c3ccc(OC(C)C(C)=O)cc3c3ccnc2c31. The molecule has 5 aromatic rings. The fourth-order valence-corrected chi connectivity index (χ4v) is 4.16. The number of aromatic nitrogens is 2. The molecule has 0 aliphatic carbocycles. The molecule has 0 radical (unpaired) electrons. The smallest absolute Gasteiger partial charge is 0.267 e. The first-order valence-electron chi connectivity index (χ1n) is 9.86. The van der Waals surface area contributed by atoms with Crippen LogP contribution in [0.3, 0.4) is 0 Å². The van der Waals surface area contributed by atoms with E-state index in [2.05, 4.69) is 4.98 Å². The Bertz CT molecular complexity index is 1550. The maximum atomic E-state index is 13.7. The molecule has 3 heterocycles. The highest BCUT2D eigenvalue weighted by Crippen LogP contribution is 2.39. The Labute approximate surface area is 177 Å². The maximum absolute atomic E-state index is 13.7. The maximum Gasteiger partial charge on any atom is 0.267 e. The molecule has 0 bridgehead atoms. The van der Waals surface area contributed by atoms with Crippen molar-refractivity contribution >= 4 is 43.9 Å². The number of ether oxygens (including phenoxy) is 3. The zero-order valence-electron chi connectivity index (χ0n) is 17.6. The quantitative estimate of drug-likeness (QED) is 0.404. The summed E-state index contributed by atoms with van der Waals surface area (Å²) in [6, 6.07) is 11.0. The van der Waals surface area contributed by atoms with Crippen LogP contribution in [0, 0.1) is 0 Å². The van der Waals surface area contributed by atoms with Crippen LogP contribution in [0.5, 0.6) is 17.2 Å². The number of Topliss-reactive ketones (excluding diaryl/α,β-unsaturated/α-hetero) is 1. The van der Waals surface area contributed by atoms with Gasteiger partial charge in [-0.2, -0.15) is 0 Å². The Morgan fingerprint density at radius 2 is 1.84 bits per heavy atom. The van der Waals surface area contributed by atoms with Crippen molar-refractivity contribution in [1.29, 1.82) is 0 Å². The summed E-state index contributed by atoms with van der Waals surface area (Å²) in [5, 5.41) is 2.84. The Kier molecular flexibility index (Phi) is 4.22. The summed E-state index contributed by atoms with van der Waals surface area (Å²) < 4.78 is 18.4. The van der Waals surface area contributed by atoms with Crippen LogP contribution in [0.25, 0.3) is 38.1 Å². The van der Waals surface area contributed by atoms with Crippen LogP contribution in [-0.2, 0) is 4.79 Å². The Balaban J connectivity index is 1.93. The number of methoxy groups -OCH3 is 2. The molecule has 0 N–H and O–H groups in total. The zero-order chi connectivity index (χ0) is 21.9. The van der Waals surface area contributed by atoms with Crippen LogP contribution < -0.4 is 19.8 Å². The monoisotopic (exact) mass is 416 g/mol. The first-order chi connectivity index (χ1) is 15.0. The van der Waals surface area contributed by atoms with Gasteiger partial charge in [-0.3, -0.25) is 19.0 Å². The van der Waals surface area contributed by atoms with E-state index in [4.69, 9.17) is 14.2 Å². The summed E-state index contributed by atoms with van der Waals surface area (Å²) in [6.07, 6.45) is 1.17. The minimum absolute atomic E-state index is 0.0569. The molecule has 0 fully saturated rings. The van der Waals surface area contributed by atoms with Crippen molar-refractivity contribution in [3.63, 3.8) is 0 Å². The van der Waals surface area contributed by atoms with Crippen molar-refractivity contribution in [3.05, 3.63) is 52.9 Å². The van der Waals surface area contributed by atoms with E-state index in [-0.39, 0.29) is 11.3 Å². The zero-order valence-corrected chi connectivity index (χ0v) is 17.6. The molecule has 5 rings (SSSR count). The van der Waals surface area contributed by atoms with Crippen molar-refractivity contribution in [1.82, 2.24) is 9.38 Å². The molecule has 2 aromatic carbocycles. The number of benzene rings is 2. The van der Waals surface area contributed by atoms with E-state index in [0.29, 0.717) is 33.5 Å². The fraction of sp³-hybridized carbons (Fsp3) is 0.208. The predicted octanol–water partition coefficient (Wildman–Crippen LogP) is 3.97. The molecule has 3 aromatic heterocycles. The molecule has 0 spiro atoms. The summed E-state index contributed by atoms with van der Waals surface area (Å²) >= 11 is 0. The third kappa shape index (κ3) is 2.63. The van der Waals surface area contributed by atoms with Crippen LogP contribution in [0.2, 0.25) is 0 Å². The molecule has 31 heavy (non-hydrogen) atoms. The van der Waals surface area contributed by atoms with Crippen molar-refractivity contribution in [3.8, 4) is 17.2 Å². The number of hydrogen-bond donors (Lipinski definition) is 0. The van der Waals surface area contributed by atoms with E-state index < -0.39 is 6.10 Å². The van der Waals surface area contributed by atoms with Gasteiger partial charge in [-0.25, -0.2) is 0 Å². The van der Waals surface area contributed by atoms with Gasteiger partial charge in [-0.05, 0) is 50.2 Å². The van der Waals surface area contributed by atoms with Gasteiger partial charge in [0.15, 0.2) is 23.4 Å². The van der Waals surface area contributed by atoms with Gasteiger partial charge < -0.3 is 14.2 Å². The van der Waals surface area contributed by atoms with Gasteiger partial charge in [-0.15, -0.1) is 0 Å². The Morgan fingerprint density at radius 1 is 1.03 bits per heavy atom. The molecule has 0 amide bonds. The number of fused-ring (bicyclic) bond motifs is 5. The molecule has 0 aliphatic heterocycles. The molecule has 7 heteroatoms. The van der Waals surface area contributed by atoms with Gasteiger partial charge >= 0.3 is 0 Å². The number of hydrogen-bond acceptors (Lipinski definition) is 6. The van der Waals surface area contributed by atoms with Gasteiger partial charge in [0.1, 0.15) is 5.75 Å². The topological polar surface area (TPSA) is 79.1 Å². The Morgan fingerprint density at radius 3 is 2.55 bits per heavy atom. The molecule has 1 unspecified atom stereocenters. The lowest BCUT2D eigenvalue weighted by atomic mass is 10.1. The van der Waals surface area contributed by atoms with E-state index in [0.717, 1.165) is 21.8 Å². The molecular weight excluding hydrogens is 396 g/mol. The van der Waals surface area contributed by atoms with E-state index in [1.807, 2.05) is 24.3 Å². The number of nitrogens with zero attached hydrogens (tertiary/aromatic N) is 2. The summed E-state index contributed by atoms with van der Waals surface area (Å²) in [7, 11) is 3.05. The first-order valence-corrected chi connectivity index (χ1v) is 9.86. The molecule has 0 saturated carbocycles. The standard InChI is InChI=1S/C24H20N2O5/c1-12(27)13(2)31-14-5-7-18-17(11-14)15-9-10-25-21-16-6-8-19(29-3)23(30-4)20(16)24(28)26(18)22(15)21/h5-11,13H,1-4H3. The molecule has 0 saturated heterocycles. The highest BCUT2D eigenvalue weighted by molar-refractivity contribution is 6.19. The number of pyridine rings is 2. The second kappa shape index (κ2) is 6.84. The fourth-order valence-electron chi connectivity index (χ4n) is 4.16. The molecule has 156 valence electrons. The van der Waals surface area contributed by atoms with E-state index in [1.54, 1.807) is 29.7 Å². The predicted molar refractivity (Wildman–Crippen MR) is 119 cm³/mol. The number of rotatable bonds is 5. The van der Waals surface area contributed by atoms with Crippen LogP contribution >= 0.6 is 0 Å². The summed E-state index contributed by atoms with van der Waals surface area (Å²) in [4.78, 5) is 29.9. The summed E-state index contributed by atoms with van der Waals surface area (Å²) in [5.41, 5.74) is 1.95.